The molecule has 7 heteroatoms. The second kappa shape index (κ2) is 11.8. The molecule has 0 spiro atoms. The van der Waals surface area contributed by atoms with Gasteiger partial charge in [-0.3, -0.25) is 14.4 Å². The first-order valence-electron chi connectivity index (χ1n) is 12.0. The molecular formula is C28H30N2O4S. The minimum atomic E-state index is -0.260. The van der Waals surface area contributed by atoms with Crippen LogP contribution in [0.4, 0.5) is 5.69 Å². The molecule has 0 aliphatic carbocycles. The molecule has 0 bridgehead atoms. The maximum absolute atomic E-state index is 13.4. The number of hydrogen-bond acceptors (Lipinski definition) is 5. The van der Waals surface area contributed by atoms with Crippen molar-refractivity contribution in [2.24, 2.45) is 5.92 Å². The van der Waals surface area contributed by atoms with Gasteiger partial charge in [-0.25, -0.2) is 0 Å². The smallest absolute Gasteiger partial charge is 0.310 e. The number of piperidine rings is 1. The van der Waals surface area contributed by atoms with Crippen LogP contribution in [-0.2, 0) is 27.3 Å². The molecule has 0 saturated carbocycles. The number of likely N-dealkylation sites (tertiary alicyclic amines) is 1. The van der Waals surface area contributed by atoms with E-state index in [1.54, 1.807) is 16.7 Å². The van der Waals surface area contributed by atoms with Crippen molar-refractivity contribution in [1.29, 1.82) is 0 Å². The molecular weight excluding hydrogens is 460 g/mol. The third-order valence-electron chi connectivity index (χ3n) is 6.13. The van der Waals surface area contributed by atoms with E-state index >= 15 is 0 Å². The Morgan fingerprint density at radius 3 is 2.57 bits per heavy atom. The van der Waals surface area contributed by atoms with Crippen molar-refractivity contribution in [3.63, 3.8) is 0 Å². The fourth-order valence-electron chi connectivity index (χ4n) is 4.36. The van der Waals surface area contributed by atoms with Gasteiger partial charge >= 0.3 is 5.97 Å². The number of hydrogen-bond donors (Lipinski definition) is 0. The molecule has 4 rings (SSSR count). The summed E-state index contributed by atoms with van der Waals surface area (Å²) in [5.41, 5.74) is 2.61. The van der Waals surface area contributed by atoms with Gasteiger partial charge in [-0.1, -0.05) is 48.5 Å². The van der Waals surface area contributed by atoms with Crippen LogP contribution in [0.25, 0.3) is 0 Å². The normalized spacial score (nSPS) is 15.5. The molecule has 3 aromatic rings. The summed E-state index contributed by atoms with van der Waals surface area (Å²) >= 11 is 1.41. The standard InChI is InChI=1S/C28H30N2O4S/c1-2-34-28(33)23-12-7-15-29(20-23)26(31)18-22-11-6-13-24(17-22)30(19-21-9-4-3-5-10-21)27(32)25-14-8-16-35-25/h3-6,8-11,13-14,16-17,23H,2,7,12,15,18-20H2,1H3. The molecule has 182 valence electrons. The van der Waals surface area contributed by atoms with Crippen molar-refractivity contribution in [2.75, 3.05) is 24.6 Å². The van der Waals surface area contributed by atoms with Gasteiger partial charge in [0.2, 0.25) is 5.91 Å². The molecule has 1 aliphatic heterocycles. The van der Waals surface area contributed by atoms with E-state index in [1.165, 1.54) is 11.3 Å². The summed E-state index contributed by atoms with van der Waals surface area (Å²) in [4.78, 5) is 42.8. The quantitative estimate of drug-likeness (QED) is 0.420. The number of rotatable bonds is 8. The van der Waals surface area contributed by atoms with Gasteiger partial charge in [-0.2, -0.15) is 0 Å². The Labute approximate surface area is 210 Å². The van der Waals surface area contributed by atoms with Crippen molar-refractivity contribution in [3.05, 3.63) is 88.1 Å². The highest BCUT2D eigenvalue weighted by Gasteiger charge is 2.29. The summed E-state index contributed by atoms with van der Waals surface area (Å²) in [5.74, 6) is -0.574. The van der Waals surface area contributed by atoms with Gasteiger partial charge in [0.05, 0.1) is 30.4 Å². The van der Waals surface area contributed by atoms with Gasteiger partial charge in [0.15, 0.2) is 0 Å². The van der Waals surface area contributed by atoms with Crippen LogP contribution in [0, 0.1) is 5.92 Å². The Hall–Kier alpha value is -3.45. The zero-order valence-electron chi connectivity index (χ0n) is 19.9. The molecule has 2 heterocycles. The monoisotopic (exact) mass is 490 g/mol. The second-order valence-electron chi connectivity index (χ2n) is 8.63. The summed E-state index contributed by atoms with van der Waals surface area (Å²) in [5, 5.41) is 1.89. The molecule has 1 atom stereocenters. The lowest BCUT2D eigenvalue weighted by atomic mass is 9.97. The molecule has 2 amide bonds. The summed E-state index contributed by atoms with van der Waals surface area (Å²) in [6, 6.07) is 21.2. The lowest BCUT2D eigenvalue weighted by Gasteiger charge is -2.31. The number of ether oxygens (including phenoxy) is 1. The molecule has 1 aromatic heterocycles. The number of anilines is 1. The first-order valence-corrected chi connectivity index (χ1v) is 12.9. The Balaban J connectivity index is 1.51. The molecule has 0 radical (unpaired) electrons. The van der Waals surface area contributed by atoms with Gasteiger partial charge in [0.1, 0.15) is 0 Å². The number of carbonyl (C=O) groups excluding carboxylic acids is 3. The lowest BCUT2D eigenvalue weighted by Crippen LogP contribution is -2.43. The van der Waals surface area contributed by atoms with E-state index in [9.17, 15) is 14.4 Å². The van der Waals surface area contributed by atoms with Crippen molar-refractivity contribution in [2.45, 2.75) is 32.7 Å². The average molecular weight is 491 g/mol. The predicted molar refractivity (Wildman–Crippen MR) is 137 cm³/mol. The largest absolute Gasteiger partial charge is 0.466 e. The zero-order chi connectivity index (χ0) is 24.6. The topological polar surface area (TPSA) is 66.9 Å². The summed E-state index contributed by atoms with van der Waals surface area (Å²) in [6.45, 7) is 3.61. The van der Waals surface area contributed by atoms with E-state index in [2.05, 4.69) is 0 Å². The van der Waals surface area contributed by atoms with Crippen LogP contribution >= 0.6 is 11.3 Å². The number of carbonyl (C=O) groups is 3. The molecule has 1 fully saturated rings. The van der Waals surface area contributed by atoms with Gasteiger partial charge in [-0.05, 0) is 54.5 Å². The van der Waals surface area contributed by atoms with Crippen LogP contribution in [0.5, 0.6) is 0 Å². The molecule has 35 heavy (non-hydrogen) atoms. The maximum Gasteiger partial charge on any atom is 0.310 e. The fraction of sp³-hybridized carbons (Fsp3) is 0.321. The van der Waals surface area contributed by atoms with E-state index in [-0.39, 0.29) is 30.1 Å². The molecule has 6 nitrogen and oxygen atoms in total. The van der Waals surface area contributed by atoms with Crippen LogP contribution in [0.3, 0.4) is 0 Å². The first kappa shape index (κ1) is 24.7. The number of thiophene rings is 1. The van der Waals surface area contributed by atoms with Crippen molar-refractivity contribution in [1.82, 2.24) is 4.90 Å². The Morgan fingerprint density at radius 2 is 1.83 bits per heavy atom. The molecule has 1 unspecified atom stereocenters. The highest BCUT2D eigenvalue weighted by molar-refractivity contribution is 7.12. The zero-order valence-corrected chi connectivity index (χ0v) is 20.7. The molecule has 1 saturated heterocycles. The van der Waals surface area contributed by atoms with Crippen LogP contribution < -0.4 is 4.90 Å². The highest BCUT2D eigenvalue weighted by atomic mass is 32.1. The van der Waals surface area contributed by atoms with Crippen molar-refractivity contribution >= 4 is 34.8 Å². The van der Waals surface area contributed by atoms with Crippen LogP contribution in [0.2, 0.25) is 0 Å². The highest BCUT2D eigenvalue weighted by Crippen LogP contribution is 2.25. The van der Waals surface area contributed by atoms with Crippen LogP contribution in [0.1, 0.15) is 40.6 Å². The van der Waals surface area contributed by atoms with E-state index in [4.69, 9.17) is 4.74 Å². The van der Waals surface area contributed by atoms with Gasteiger partial charge < -0.3 is 14.5 Å². The lowest BCUT2D eigenvalue weighted by molar-refractivity contribution is -0.151. The van der Waals surface area contributed by atoms with Crippen molar-refractivity contribution < 1.29 is 19.1 Å². The van der Waals surface area contributed by atoms with Crippen molar-refractivity contribution in [3.8, 4) is 0 Å². The molecule has 1 aliphatic rings. The Kier molecular flexibility index (Phi) is 8.32. The summed E-state index contributed by atoms with van der Waals surface area (Å²) < 4.78 is 5.16. The van der Waals surface area contributed by atoms with Crippen LogP contribution in [-0.4, -0.2) is 42.4 Å². The molecule has 2 aromatic carbocycles. The average Bonchev–Trinajstić information content (AvgIpc) is 3.43. The number of esters is 1. The van der Waals surface area contributed by atoms with E-state index in [0.29, 0.717) is 31.1 Å². The Bertz CT molecular complexity index is 1150. The summed E-state index contributed by atoms with van der Waals surface area (Å²) in [7, 11) is 0. The summed E-state index contributed by atoms with van der Waals surface area (Å²) in [6.07, 6.45) is 1.75. The van der Waals surface area contributed by atoms with E-state index in [0.717, 1.165) is 29.7 Å². The number of benzene rings is 2. The SMILES string of the molecule is CCOC(=O)C1CCCN(C(=O)Cc2cccc(N(Cc3ccccc3)C(=O)c3cccs3)c2)C1. The van der Waals surface area contributed by atoms with E-state index < -0.39 is 0 Å². The first-order chi connectivity index (χ1) is 17.0. The van der Waals surface area contributed by atoms with Gasteiger partial charge in [-0.15, -0.1) is 11.3 Å². The van der Waals surface area contributed by atoms with Gasteiger partial charge in [0.25, 0.3) is 5.91 Å². The minimum Gasteiger partial charge on any atom is -0.466 e. The Morgan fingerprint density at radius 1 is 1.03 bits per heavy atom. The second-order valence-corrected chi connectivity index (χ2v) is 9.58. The maximum atomic E-state index is 13.4. The fourth-order valence-corrected chi connectivity index (χ4v) is 5.03. The van der Waals surface area contributed by atoms with E-state index in [1.807, 2.05) is 72.1 Å². The van der Waals surface area contributed by atoms with Gasteiger partial charge in [0, 0.05) is 18.8 Å². The third-order valence-corrected chi connectivity index (χ3v) is 6.99. The third kappa shape index (κ3) is 6.36. The number of amides is 2. The predicted octanol–water partition coefficient (Wildman–Crippen LogP) is 4.94. The van der Waals surface area contributed by atoms with Crippen LogP contribution in [0.15, 0.2) is 72.1 Å². The number of nitrogens with zero attached hydrogens (tertiary/aromatic N) is 2. The molecule has 0 N–H and O–H groups in total. The minimum absolute atomic E-state index is 0.0182.